The Kier molecular flexibility index (Phi) is 6.60. The lowest BCUT2D eigenvalue weighted by atomic mass is 10.0. The van der Waals surface area contributed by atoms with Gasteiger partial charge in [-0.3, -0.25) is 14.9 Å². The molecule has 1 saturated heterocycles. The van der Waals surface area contributed by atoms with Gasteiger partial charge in [-0.15, -0.1) is 0 Å². The third-order valence-corrected chi connectivity index (χ3v) is 5.89. The number of para-hydroxylation sites is 1. The Bertz CT molecular complexity index is 1220. The number of aliphatic hydroxyl groups is 1. The summed E-state index contributed by atoms with van der Waals surface area (Å²) in [6, 6.07) is 11.9. The van der Waals surface area contributed by atoms with E-state index in [9.17, 15) is 20.0 Å². The molecule has 9 nitrogen and oxygen atoms in total. The maximum Gasteiger partial charge on any atom is 0.294 e. The standard InChI is InChI=1S/C24H28N4O5/c1-16(2)19-7-3-4-8-22(19)33-15-18(29)14-27-21-13-17(28(31)32)9-10-20(21)25-23(24(27)30)26-11-5-6-12-26/h3-4,7-10,13,16,18,29H,5-6,11-12,14-15H2,1-2H3. The minimum absolute atomic E-state index is 0.0199. The van der Waals surface area contributed by atoms with Gasteiger partial charge in [-0.1, -0.05) is 32.0 Å². The molecule has 1 aliphatic rings. The van der Waals surface area contributed by atoms with E-state index in [-0.39, 0.29) is 30.3 Å². The van der Waals surface area contributed by atoms with E-state index in [1.165, 1.54) is 16.7 Å². The second-order valence-electron chi connectivity index (χ2n) is 8.63. The van der Waals surface area contributed by atoms with Crippen molar-refractivity contribution in [2.75, 3.05) is 24.6 Å². The Morgan fingerprint density at radius 1 is 1.18 bits per heavy atom. The molecule has 0 aliphatic carbocycles. The molecule has 1 atom stereocenters. The van der Waals surface area contributed by atoms with Gasteiger partial charge in [0.2, 0.25) is 0 Å². The molecule has 0 saturated carbocycles. The number of aromatic nitrogens is 2. The highest BCUT2D eigenvalue weighted by Crippen LogP contribution is 2.26. The fourth-order valence-electron chi connectivity index (χ4n) is 4.18. The van der Waals surface area contributed by atoms with Crippen molar-refractivity contribution in [3.8, 4) is 5.75 Å². The summed E-state index contributed by atoms with van der Waals surface area (Å²) in [5.41, 5.74) is 1.32. The van der Waals surface area contributed by atoms with Crippen LogP contribution in [0.5, 0.6) is 5.75 Å². The first kappa shape index (κ1) is 22.7. The molecule has 1 unspecified atom stereocenters. The van der Waals surface area contributed by atoms with E-state index in [0.717, 1.165) is 31.5 Å². The molecule has 1 aromatic heterocycles. The Morgan fingerprint density at radius 2 is 1.91 bits per heavy atom. The Labute approximate surface area is 191 Å². The summed E-state index contributed by atoms with van der Waals surface area (Å²) in [5, 5.41) is 22.1. The molecule has 1 N–H and O–H groups in total. The summed E-state index contributed by atoms with van der Waals surface area (Å²) < 4.78 is 7.26. The van der Waals surface area contributed by atoms with Gasteiger partial charge < -0.3 is 19.3 Å². The van der Waals surface area contributed by atoms with Crippen LogP contribution in [0.1, 0.15) is 38.2 Å². The lowest BCUT2D eigenvalue weighted by Crippen LogP contribution is -2.35. The molecule has 0 bridgehead atoms. The van der Waals surface area contributed by atoms with E-state index in [2.05, 4.69) is 18.8 Å². The largest absolute Gasteiger partial charge is 0.491 e. The van der Waals surface area contributed by atoms with E-state index in [4.69, 9.17) is 4.74 Å². The monoisotopic (exact) mass is 452 g/mol. The van der Waals surface area contributed by atoms with Crippen molar-refractivity contribution in [3.05, 3.63) is 68.5 Å². The van der Waals surface area contributed by atoms with E-state index in [0.29, 0.717) is 22.6 Å². The molecule has 0 amide bonds. The van der Waals surface area contributed by atoms with Crippen LogP contribution in [-0.2, 0) is 6.54 Å². The van der Waals surface area contributed by atoms with Gasteiger partial charge in [0.15, 0.2) is 5.82 Å². The number of hydrogen-bond donors (Lipinski definition) is 1. The highest BCUT2D eigenvalue weighted by Gasteiger charge is 2.22. The van der Waals surface area contributed by atoms with Crippen molar-refractivity contribution in [1.82, 2.24) is 9.55 Å². The molecule has 4 rings (SSSR count). The van der Waals surface area contributed by atoms with Gasteiger partial charge in [0.1, 0.15) is 18.5 Å². The highest BCUT2D eigenvalue weighted by molar-refractivity contribution is 5.79. The lowest BCUT2D eigenvalue weighted by molar-refractivity contribution is -0.384. The van der Waals surface area contributed by atoms with E-state index in [1.54, 1.807) is 6.07 Å². The molecule has 9 heteroatoms. The molecule has 1 fully saturated rings. The van der Waals surface area contributed by atoms with Gasteiger partial charge in [0, 0.05) is 25.2 Å². The van der Waals surface area contributed by atoms with Crippen molar-refractivity contribution in [2.24, 2.45) is 0 Å². The Hall–Kier alpha value is -3.46. The minimum atomic E-state index is -1.00. The van der Waals surface area contributed by atoms with Crippen LogP contribution in [0.4, 0.5) is 11.5 Å². The summed E-state index contributed by atoms with van der Waals surface area (Å²) in [4.78, 5) is 30.6. The van der Waals surface area contributed by atoms with Crippen molar-refractivity contribution < 1.29 is 14.8 Å². The molecule has 3 aromatic rings. The second-order valence-corrected chi connectivity index (χ2v) is 8.63. The average Bonchev–Trinajstić information content (AvgIpc) is 3.33. The molecule has 33 heavy (non-hydrogen) atoms. The van der Waals surface area contributed by atoms with Crippen LogP contribution < -0.4 is 15.2 Å². The number of rotatable bonds is 8. The quantitative estimate of drug-likeness (QED) is 0.411. The Morgan fingerprint density at radius 3 is 2.61 bits per heavy atom. The summed E-state index contributed by atoms with van der Waals surface area (Å²) >= 11 is 0. The number of non-ortho nitro benzene ring substituents is 1. The third kappa shape index (κ3) is 4.83. The topological polar surface area (TPSA) is 111 Å². The van der Waals surface area contributed by atoms with Gasteiger partial charge in [0.05, 0.1) is 22.5 Å². The van der Waals surface area contributed by atoms with Gasteiger partial charge in [-0.05, 0) is 36.5 Å². The Balaban J connectivity index is 1.66. The van der Waals surface area contributed by atoms with E-state index >= 15 is 0 Å². The summed E-state index contributed by atoms with van der Waals surface area (Å²) in [6.45, 7) is 5.51. The third-order valence-electron chi connectivity index (χ3n) is 5.89. The number of fused-ring (bicyclic) bond motifs is 1. The fraction of sp³-hybridized carbons (Fsp3) is 0.417. The average molecular weight is 453 g/mol. The SMILES string of the molecule is CC(C)c1ccccc1OCC(O)Cn1c(=O)c(N2CCCC2)nc2ccc([N+](=O)[O-])cc21. The molecule has 0 spiro atoms. The number of nitro groups is 1. The summed E-state index contributed by atoms with van der Waals surface area (Å²) in [6.07, 6.45) is 0.954. The highest BCUT2D eigenvalue weighted by atomic mass is 16.6. The lowest BCUT2D eigenvalue weighted by Gasteiger charge is -2.21. The van der Waals surface area contributed by atoms with Crippen LogP contribution in [0, 0.1) is 10.1 Å². The molecule has 174 valence electrons. The van der Waals surface area contributed by atoms with Gasteiger partial charge in [-0.25, -0.2) is 4.98 Å². The predicted molar refractivity (Wildman–Crippen MR) is 126 cm³/mol. The molecular formula is C24H28N4O5. The van der Waals surface area contributed by atoms with Crippen molar-refractivity contribution in [3.63, 3.8) is 0 Å². The maximum absolute atomic E-state index is 13.3. The molecule has 1 aliphatic heterocycles. The zero-order valence-electron chi connectivity index (χ0n) is 18.8. The van der Waals surface area contributed by atoms with E-state index < -0.39 is 11.0 Å². The van der Waals surface area contributed by atoms with Crippen LogP contribution in [0.25, 0.3) is 11.0 Å². The molecule has 0 radical (unpaired) electrons. The van der Waals surface area contributed by atoms with Crippen LogP contribution >= 0.6 is 0 Å². The van der Waals surface area contributed by atoms with Crippen LogP contribution in [-0.4, -0.2) is 45.4 Å². The van der Waals surface area contributed by atoms with Crippen LogP contribution in [0.3, 0.4) is 0 Å². The number of nitrogens with zero attached hydrogens (tertiary/aromatic N) is 4. The number of anilines is 1. The summed E-state index contributed by atoms with van der Waals surface area (Å²) in [5.74, 6) is 1.26. The van der Waals surface area contributed by atoms with Crippen molar-refractivity contribution in [2.45, 2.75) is 45.3 Å². The smallest absolute Gasteiger partial charge is 0.294 e. The minimum Gasteiger partial charge on any atom is -0.491 e. The van der Waals surface area contributed by atoms with Crippen molar-refractivity contribution >= 4 is 22.5 Å². The van der Waals surface area contributed by atoms with Crippen LogP contribution in [0.15, 0.2) is 47.3 Å². The van der Waals surface area contributed by atoms with Gasteiger partial charge in [0.25, 0.3) is 11.2 Å². The fourth-order valence-corrected chi connectivity index (χ4v) is 4.18. The molecule has 2 heterocycles. The molecule has 2 aromatic carbocycles. The van der Waals surface area contributed by atoms with Crippen LogP contribution in [0.2, 0.25) is 0 Å². The number of aliphatic hydroxyl groups excluding tert-OH is 1. The van der Waals surface area contributed by atoms with E-state index in [1.807, 2.05) is 29.2 Å². The first-order valence-corrected chi connectivity index (χ1v) is 11.2. The number of ether oxygens (including phenoxy) is 1. The zero-order valence-corrected chi connectivity index (χ0v) is 18.8. The normalized spacial score (nSPS) is 14.7. The van der Waals surface area contributed by atoms with Gasteiger partial charge >= 0.3 is 0 Å². The maximum atomic E-state index is 13.3. The number of hydrogen-bond acceptors (Lipinski definition) is 7. The van der Waals surface area contributed by atoms with Crippen molar-refractivity contribution in [1.29, 1.82) is 0 Å². The number of nitro benzene ring substituents is 1. The zero-order chi connectivity index (χ0) is 23.5. The molecular weight excluding hydrogens is 424 g/mol. The summed E-state index contributed by atoms with van der Waals surface area (Å²) in [7, 11) is 0. The first-order valence-electron chi connectivity index (χ1n) is 11.2. The number of benzene rings is 2. The predicted octanol–water partition coefficient (Wildman–Crippen LogP) is 3.47. The van der Waals surface area contributed by atoms with Gasteiger partial charge in [-0.2, -0.15) is 0 Å². The first-order chi connectivity index (χ1) is 15.8. The second kappa shape index (κ2) is 9.58.